The van der Waals surface area contributed by atoms with Crippen LogP contribution in [-0.2, 0) is 6.42 Å². The molecule has 1 aromatic carbocycles. The Morgan fingerprint density at radius 3 is 2.71 bits per heavy atom. The SMILES string of the molecule is OC(Cc1cc(Br)ccc1F)C1CC2CC2C1. The monoisotopic (exact) mass is 298 g/mol. The Morgan fingerprint density at radius 1 is 1.29 bits per heavy atom. The molecule has 17 heavy (non-hydrogen) atoms. The molecule has 0 radical (unpaired) electrons. The van der Waals surface area contributed by atoms with E-state index >= 15 is 0 Å². The molecule has 0 heterocycles. The minimum absolute atomic E-state index is 0.213. The smallest absolute Gasteiger partial charge is 0.126 e. The van der Waals surface area contributed by atoms with Gasteiger partial charge in [0.1, 0.15) is 5.82 Å². The van der Waals surface area contributed by atoms with Crippen LogP contribution in [-0.4, -0.2) is 11.2 Å². The van der Waals surface area contributed by atoms with Gasteiger partial charge in [-0.1, -0.05) is 15.9 Å². The van der Waals surface area contributed by atoms with Gasteiger partial charge in [0.2, 0.25) is 0 Å². The van der Waals surface area contributed by atoms with Crippen molar-refractivity contribution < 1.29 is 9.50 Å². The summed E-state index contributed by atoms with van der Waals surface area (Å²) in [5.74, 6) is 1.90. The zero-order valence-corrected chi connectivity index (χ0v) is 11.2. The van der Waals surface area contributed by atoms with Crippen molar-refractivity contribution in [2.75, 3.05) is 0 Å². The van der Waals surface area contributed by atoms with Crippen LogP contribution in [0.15, 0.2) is 22.7 Å². The van der Waals surface area contributed by atoms with Crippen molar-refractivity contribution in [2.24, 2.45) is 17.8 Å². The van der Waals surface area contributed by atoms with Crippen LogP contribution in [0.25, 0.3) is 0 Å². The van der Waals surface area contributed by atoms with Gasteiger partial charge >= 0.3 is 0 Å². The van der Waals surface area contributed by atoms with Crippen LogP contribution < -0.4 is 0 Å². The summed E-state index contributed by atoms with van der Waals surface area (Å²) >= 11 is 3.34. The standard InChI is InChI=1S/C14H16BrFO/c15-12-1-2-13(16)10(6-12)7-14(17)11-4-8-3-9(8)5-11/h1-2,6,8-9,11,14,17H,3-5,7H2. The predicted octanol–water partition coefficient (Wildman–Crippen LogP) is 3.54. The Hall–Kier alpha value is -0.410. The maximum atomic E-state index is 13.6. The van der Waals surface area contributed by atoms with Crippen molar-refractivity contribution in [3.05, 3.63) is 34.1 Å². The summed E-state index contributed by atoms with van der Waals surface area (Å²) in [7, 11) is 0. The summed E-state index contributed by atoms with van der Waals surface area (Å²) in [6.45, 7) is 0. The predicted molar refractivity (Wildman–Crippen MR) is 68.1 cm³/mol. The first-order valence-electron chi connectivity index (χ1n) is 6.25. The molecule has 3 unspecified atom stereocenters. The topological polar surface area (TPSA) is 20.2 Å². The zero-order valence-electron chi connectivity index (χ0n) is 9.57. The van der Waals surface area contributed by atoms with Gasteiger partial charge < -0.3 is 5.11 Å². The van der Waals surface area contributed by atoms with Crippen molar-refractivity contribution in [1.29, 1.82) is 0 Å². The van der Waals surface area contributed by atoms with E-state index < -0.39 is 0 Å². The van der Waals surface area contributed by atoms with Crippen molar-refractivity contribution >= 4 is 15.9 Å². The molecule has 0 saturated heterocycles. The minimum atomic E-state index is -0.383. The Kier molecular flexibility index (Phi) is 2.99. The number of rotatable bonds is 3. The van der Waals surface area contributed by atoms with Crippen LogP contribution in [0.1, 0.15) is 24.8 Å². The molecule has 0 amide bonds. The second-order valence-corrected chi connectivity index (χ2v) is 6.41. The van der Waals surface area contributed by atoms with E-state index in [-0.39, 0.29) is 11.9 Å². The maximum Gasteiger partial charge on any atom is 0.126 e. The normalized spacial score (nSPS) is 32.3. The molecule has 3 heteroatoms. The van der Waals surface area contributed by atoms with E-state index in [0.717, 1.165) is 29.2 Å². The van der Waals surface area contributed by atoms with E-state index in [1.807, 2.05) is 0 Å². The molecule has 3 rings (SSSR count). The summed E-state index contributed by atoms with van der Waals surface area (Å²) in [6, 6.07) is 4.92. The highest BCUT2D eigenvalue weighted by Gasteiger charge is 2.47. The largest absolute Gasteiger partial charge is 0.392 e. The molecule has 0 spiro atoms. The fourth-order valence-electron chi connectivity index (χ4n) is 3.17. The van der Waals surface area contributed by atoms with Gasteiger partial charge in [-0.25, -0.2) is 4.39 Å². The zero-order chi connectivity index (χ0) is 12.0. The number of hydrogen-bond donors (Lipinski definition) is 1. The average molecular weight is 299 g/mol. The summed E-state index contributed by atoms with van der Waals surface area (Å²) in [4.78, 5) is 0. The summed E-state index contributed by atoms with van der Waals surface area (Å²) in [6.07, 6.45) is 3.69. The lowest BCUT2D eigenvalue weighted by Crippen LogP contribution is -2.22. The second kappa shape index (κ2) is 4.36. The second-order valence-electron chi connectivity index (χ2n) is 5.49. The van der Waals surface area contributed by atoms with Crippen molar-refractivity contribution in [1.82, 2.24) is 0 Å². The van der Waals surface area contributed by atoms with Gasteiger partial charge in [0.15, 0.2) is 0 Å². The van der Waals surface area contributed by atoms with Crippen LogP contribution in [0.4, 0.5) is 4.39 Å². The van der Waals surface area contributed by atoms with E-state index in [1.165, 1.54) is 12.5 Å². The Balaban J connectivity index is 1.67. The average Bonchev–Trinajstić information content (AvgIpc) is 2.91. The molecule has 3 atom stereocenters. The minimum Gasteiger partial charge on any atom is -0.392 e. The van der Waals surface area contributed by atoms with Crippen molar-refractivity contribution in [2.45, 2.75) is 31.8 Å². The van der Waals surface area contributed by atoms with Crippen LogP contribution >= 0.6 is 15.9 Å². The van der Waals surface area contributed by atoms with Crippen molar-refractivity contribution in [3.8, 4) is 0 Å². The van der Waals surface area contributed by atoms with Gasteiger partial charge in [0.25, 0.3) is 0 Å². The highest BCUT2D eigenvalue weighted by Crippen LogP contribution is 2.55. The lowest BCUT2D eigenvalue weighted by atomic mass is 9.92. The van der Waals surface area contributed by atoms with Crippen LogP contribution in [0.3, 0.4) is 0 Å². The van der Waals surface area contributed by atoms with Crippen LogP contribution in [0, 0.1) is 23.6 Å². The third-order valence-corrected chi connectivity index (χ3v) is 4.75. The molecule has 1 aromatic rings. The molecule has 1 N–H and O–H groups in total. The number of hydrogen-bond acceptors (Lipinski definition) is 1. The maximum absolute atomic E-state index is 13.6. The lowest BCUT2D eigenvalue weighted by Gasteiger charge is -2.19. The molecule has 2 saturated carbocycles. The van der Waals surface area contributed by atoms with Gasteiger partial charge in [-0.05, 0) is 60.8 Å². The van der Waals surface area contributed by atoms with Gasteiger partial charge in [0.05, 0.1) is 6.10 Å². The number of halogens is 2. The van der Waals surface area contributed by atoms with Gasteiger partial charge in [-0.15, -0.1) is 0 Å². The highest BCUT2D eigenvalue weighted by atomic mass is 79.9. The number of aliphatic hydroxyl groups is 1. The molecule has 2 aliphatic carbocycles. The van der Waals surface area contributed by atoms with Gasteiger partial charge in [-0.2, -0.15) is 0 Å². The van der Waals surface area contributed by atoms with Crippen molar-refractivity contribution in [3.63, 3.8) is 0 Å². The fourth-order valence-corrected chi connectivity index (χ4v) is 3.58. The van der Waals surface area contributed by atoms with Crippen LogP contribution in [0.2, 0.25) is 0 Å². The molecule has 0 bridgehead atoms. The summed E-state index contributed by atoms with van der Waals surface area (Å²) < 4.78 is 14.4. The van der Waals surface area contributed by atoms with Gasteiger partial charge in [0, 0.05) is 10.9 Å². The summed E-state index contributed by atoms with van der Waals surface area (Å²) in [5, 5.41) is 10.2. The van der Waals surface area contributed by atoms with E-state index in [2.05, 4.69) is 15.9 Å². The Morgan fingerprint density at radius 2 is 2.00 bits per heavy atom. The Labute approximate surface area is 109 Å². The molecule has 1 nitrogen and oxygen atoms in total. The molecule has 2 fully saturated rings. The number of aliphatic hydroxyl groups excluding tert-OH is 1. The molecule has 92 valence electrons. The molecule has 0 aliphatic heterocycles. The molecular formula is C14H16BrFO. The number of fused-ring (bicyclic) bond motifs is 1. The third-order valence-electron chi connectivity index (χ3n) is 4.26. The van der Waals surface area contributed by atoms with Crippen LogP contribution in [0.5, 0.6) is 0 Å². The van der Waals surface area contributed by atoms with E-state index in [4.69, 9.17) is 0 Å². The van der Waals surface area contributed by atoms with E-state index in [9.17, 15) is 9.50 Å². The Bertz CT molecular complexity index is 424. The number of benzene rings is 1. The third kappa shape index (κ3) is 2.41. The molecular weight excluding hydrogens is 283 g/mol. The fraction of sp³-hybridized carbons (Fsp3) is 0.571. The van der Waals surface area contributed by atoms with E-state index in [1.54, 1.807) is 12.1 Å². The first-order valence-corrected chi connectivity index (χ1v) is 7.05. The quantitative estimate of drug-likeness (QED) is 0.905. The highest BCUT2D eigenvalue weighted by molar-refractivity contribution is 9.10. The van der Waals surface area contributed by atoms with E-state index in [0.29, 0.717) is 17.9 Å². The molecule has 0 aromatic heterocycles. The summed E-state index contributed by atoms with van der Waals surface area (Å²) in [5.41, 5.74) is 0.618. The molecule has 2 aliphatic rings. The van der Waals surface area contributed by atoms with Gasteiger partial charge in [-0.3, -0.25) is 0 Å². The first-order chi connectivity index (χ1) is 8.13. The first kappa shape index (κ1) is 11.7. The lowest BCUT2D eigenvalue weighted by molar-refractivity contribution is 0.103.